The summed E-state index contributed by atoms with van der Waals surface area (Å²) in [4.78, 5) is 1.36. The summed E-state index contributed by atoms with van der Waals surface area (Å²) >= 11 is 1.91. The highest BCUT2D eigenvalue weighted by molar-refractivity contribution is 7.98. The van der Waals surface area contributed by atoms with Gasteiger partial charge in [0.1, 0.15) is 0 Å². The summed E-state index contributed by atoms with van der Waals surface area (Å²) in [5, 5.41) is 1.53. The molecule has 0 N–H and O–H groups in total. The van der Waals surface area contributed by atoms with Gasteiger partial charge in [0.05, 0.1) is 8.07 Å². The quantitative estimate of drug-likeness (QED) is 0.582. The van der Waals surface area contributed by atoms with Gasteiger partial charge in [0.25, 0.3) is 0 Å². The highest BCUT2D eigenvalue weighted by Crippen LogP contribution is 2.22. The zero-order valence-electron chi connectivity index (χ0n) is 11.3. The van der Waals surface area contributed by atoms with Gasteiger partial charge in [-0.2, -0.15) is 0 Å². The highest BCUT2D eigenvalue weighted by Gasteiger charge is 2.15. The fourth-order valence-corrected chi connectivity index (χ4v) is 3.81. The van der Waals surface area contributed by atoms with Crippen molar-refractivity contribution in [2.75, 3.05) is 0 Å². The van der Waals surface area contributed by atoms with Crippen LogP contribution in [0, 0.1) is 0 Å². The maximum atomic E-state index is 2.39. The number of hydrogen-bond donors (Lipinski definition) is 0. The van der Waals surface area contributed by atoms with Crippen LogP contribution in [-0.2, 0) is 5.75 Å². The van der Waals surface area contributed by atoms with Crippen molar-refractivity contribution in [3.8, 4) is 0 Å². The summed E-state index contributed by atoms with van der Waals surface area (Å²) in [5.74, 6) is 1.05. The predicted molar refractivity (Wildman–Crippen MR) is 85.4 cm³/mol. The molecule has 0 aliphatic carbocycles. The Morgan fingerprint density at radius 1 is 0.833 bits per heavy atom. The molecular formula is C16H20SSi. The third-order valence-electron chi connectivity index (χ3n) is 2.97. The first-order valence-electron chi connectivity index (χ1n) is 6.33. The van der Waals surface area contributed by atoms with E-state index in [2.05, 4.69) is 74.2 Å². The number of hydrogen-bond acceptors (Lipinski definition) is 1. The minimum Gasteiger partial charge on any atom is -0.121 e. The summed E-state index contributed by atoms with van der Waals surface area (Å²) in [5.41, 5.74) is 1.39. The normalized spacial score (nSPS) is 11.5. The Bertz CT molecular complexity index is 483. The van der Waals surface area contributed by atoms with Crippen LogP contribution in [-0.4, -0.2) is 8.07 Å². The third kappa shape index (κ3) is 3.75. The van der Waals surface area contributed by atoms with E-state index in [4.69, 9.17) is 0 Å². The van der Waals surface area contributed by atoms with E-state index in [-0.39, 0.29) is 0 Å². The fraction of sp³-hybridized carbons (Fsp3) is 0.250. The van der Waals surface area contributed by atoms with Gasteiger partial charge in [-0.15, -0.1) is 11.8 Å². The van der Waals surface area contributed by atoms with Crippen LogP contribution in [0.25, 0.3) is 0 Å². The number of rotatable bonds is 4. The molecule has 0 aliphatic rings. The molecule has 0 heterocycles. The van der Waals surface area contributed by atoms with Gasteiger partial charge in [-0.25, -0.2) is 0 Å². The summed E-state index contributed by atoms with van der Waals surface area (Å²) < 4.78 is 0. The van der Waals surface area contributed by atoms with Crippen molar-refractivity contribution in [1.29, 1.82) is 0 Å². The van der Waals surface area contributed by atoms with E-state index in [0.29, 0.717) is 0 Å². The van der Waals surface area contributed by atoms with Crippen molar-refractivity contribution in [3.63, 3.8) is 0 Å². The zero-order chi connectivity index (χ0) is 13.0. The molecule has 94 valence electrons. The Balaban J connectivity index is 1.99. The first-order chi connectivity index (χ1) is 8.55. The molecule has 0 radical (unpaired) electrons. The molecular weight excluding hydrogens is 252 g/mol. The molecule has 0 saturated carbocycles. The topological polar surface area (TPSA) is 0 Å². The molecule has 0 spiro atoms. The smallest absolute Gasteiger partial charge is 0.0775 e. The Morgan fingerprint density at radius 3 is 2.00 bits per heavy atom. The molecule has 0 atom stereocenters. The van der Waals surface area contributed by atoms with Crippen LogP contribution in [0.3, 0.4) is 0 Å². The lowest BCUT2D eigenvalue weighted by atomic mass is 10.2. The van der Waals surface area contributed by atoms with Crippen LogP contribution in [0.4, 0.5) is 0 Å². The molecule has 0 fully saturated rings. The molecule has 2 heteroatoms. The minimum atomic E-state index is -1.15. The number of benzene rings is 2. The van der Waals surface area contributed by atoms with E-state index >= 15 is 0 Å². The van der Waals surface area contributed by atoms with Gasteiger partial charge in [0, 0.05) is 10.6 Å². The largest absolute Gasteiger partial charge is 0.121 e. The van der Waals surface area contributed by atoms with Gasteiger partial charge in [-0.1, -0.05) is 67.3 Å². The predicted octanol–water partition coefficient (Wildman–Crippen LogP) is 4.52. The van der Waals surface area contributed by atoms with Crippen molar-refractivity contribution in [2.45, 2.75) is 30.3 Å². The van der Waals surface area contributed by atoms with Crippen LogP contribution < -0.4 is 5.19 Å². The first kappa shape index (κ1) is 13.4. The number of thioether (sulfide) groups is 1. The van der Waals surface area contributed by atoms with Gasteiger partial charge < -0.3 is 0 Å². The Kier molecular flexibility index (Phi) is 4.30. The van der Waals surface area contributed by atoms with E-state index in [1.807, 2.05) is 11.8 Å². The Morgan fingerprint density at radius 2 is 1.44 bits per heavy atom. The van der Waals surface area contributed by atoms with Crippen molar-refractivity contribution in [1.82, 2.24) is 0 Å². The van der Waals surface area contributed by atoms with Crippen LogP contribution >= 0.6 is 11.8 Å². The lowest BCUT2D eigenvalue weighted by Gasteiger charge is -2.16. The van der Waals surface area contributed by atoms with Gasteiger partial charge in [0.2, 0.25) is 0 Å². The van der Waals surface area contributed by atoms with Crippen LogP contribution in [0.15, 0.2) is 59.5 Å². The monoisotopic (exact) mass is 272 g/mol. The molecule has 0 nitrogen and oxygen atoms in total. The van der Waals surface area contributed by atoms with Crippen molar-refractivity contribution in [3.05, 3.63) is 60.2 Å². The SMILES string of the molecule is C[Si](C)(C)c1ccc(SCc2ccccc2)cc1. The minimum absolute atomic E-state index is 1.05. The Hall–Kier alpha value is -0.993. The molecule has 2 aromatic carbocycles. The molecule has 0 aliphatic heterocycles. The van der Waals surface area contributed by atoms with Gasteiger partial charge in [0.15, 0.2) is 0 Å². The molecule has 0 amide bonds. The summed E-state index contributed by atoms with van der Waals surface area (Å²) in [6.45, 7) is 7.16. The second kappa shape index (κ2) is 5.76. The van der Waals surface area contributed by atoms with E-state index in [0.717, 1.165) is 5.75 Å². The lowest BCUT2D eigenvalue weighted by molar-refractivity contribution is 1.38. The highest BCUT2D eigenvalue weighted by atomic mass is 32.2. The molecule has 0 unspecified atom stereocenters. The molecule has 0 bridgehead atoms. The third-order valence-corrected chi connectivity index (χ3v) is 6.12. The molecule has 0 saturated heterocycles. The summed E-state index contributed by atoms with van der Waals surface area (Å²) in [6, 6.07) is 19.8. The maximum absolute atomic E-state index is 2.39. The zero-order valence-corrected chi connectivity index (χ0v) is 13.1. The van der Waals surface area contributed by atoms with E-state index in [9.17, 15) is 0 Å². The van der Waals surface area contributed by atoms with Crippen LogP contribution in [0.2, 0.25) is 19.6 Å². The molecule has 0 aromatic heterocycles. The molecule has 2 rings (SSSR count). The van der Waals surface area contributed by atoms with Crippen molar-refractivity contribution in [2.24, 2.45) is 0 Å². The van der Waals surface area contributed by atoms with Crippen LogP contribution in [0.5, 0.6) is 0 Å². The second-order valence-electron chi connectivity index (χ2n) is 5.55. The van der Waals surface area contributed by atoms with Crippen molar-refractivity contribution < 1.29 is 0 Å². The first-order valence-corrected chi connectivity index (χ1v) is 10.8. The van der Waals surface area contributed by atoms with E-state index < -0.39 is 8.07 Å². The Labute approximate surface area is 115 Å². The van der Waals surface area contributed by atoms with Gasteiger partial charge >= 0.3 is 0 Å². The standard InChI is InChI=1S/C16H20SSi/c1-18(2,3)16-11-9-15(10-12-16)17-13-14-7-5-4-6-8-14/h4-12H,13H2,1-3H3. The van der Waals surface area contributed by atoms with Crippen molar-refractivity contribution >= 4 is 25.0 Å². The average molecular weight is 272 g/mol. The van der Waals surface area contributed by atoms with Gasteiger partial charge in [-0.05, 0) is 17.7 Å². The fourth-order valence-electron chi connectivity index (χ4n) is 1.79. The van der Waals surface area contributed by atoms with E-state index in [1.54, 1.807) is 0 Å². The average Bonchev–Trinajstić information content (AvgIpc) is 2.37. The second-order valence-corrected chi connectivity index (χ2v) is 11.7. The lowest BCUT2D eigenvalue weighted by Crippen LogP contribution is -2.37. The molecule has 2 aromatic rings. The maximum Gasteiger partial charge on any atom is 0.0775 e. The summed E-state index contributed by atoms with van der Waals surface area (Å²) in [6.07, 6.45) is 0. The van der Waals surface area contributed by atoms with Gasteiger partial charge in [-0.3, -0.25) is 0 Å². The van der Waals surface area contributed by atoms with Crippen LogP contribution in [0.1, 0.15) is 5.56 Å². The van der Waals surface area contributed by atoms with E-state index in [1.165, 1.54) is 15.6 Å². The summed E-state index contributed by atoms with van der Waals surface area (Å²) in [7, 11) is -1.15. The molecule has 18 heavy (non-hydrogen) atoms.